The SMILES string of the molecule is N#Cc1cc(CI)ccn1. The molecule has 0 fully saturated rings. The summed E-state index contributed by atoms with van der Waals surface area (Å²) >= 11 is 2.25. The van der Waals surface area contributed by atoms with E-state index in [-0.39, 0.29) is 0 Å². The molecule has 3 heteroatoms. The molecule has 0 spiro atoms. The van der Waals surface area contributed by atoms with Gasteiger partial charge in [-0.05, 0) is 17.7 Å². The second kappa shape index (κ2) is 3.52. The predicted molar refractivity (Wildman–Crippen MR) is 46.7 cm³/mol. The lowest BCUT2D eigenvalue weighted by Gasteiger charge is -1.91. The van der Waals surface area contributed by atoms with Crippen molar-refractivity contribution in [1.82, 2.24) is 4.98 Å². The van der Waals surface area contributed by atoms with Crippen molar-refractivity contribution in [1.29, 1.82) is 5.26 Å². The van der Waals surface area contributed by atoms with Gasteiger partial charge >= 0.3 is 0 Å². The summed E-state index contributed by atoms with van der Waals surface area (Å²) < 4.78 is 0.926. The number of hydrogen-bond donors (Lipinski definition) is 0. The summed E-state index contributed by atoms with van der Waals surface area (Å²) in [6, 6.07) is 5.70. The van der Waals surface area contributed by atoms with E-state index in [4.69, 9.17) is 5.26 Å². The minimum absolute atomic E-state index is 0.495. The Bertz CT molecular complexity index is 265. The van der Waals surface area contributed by atoms with Gasteiger partial charge in [0, 0.05) is 10.6 Å². The second-order valence-electron chi connectivity index (χ2n) is 1.79. The van der Waals surface area contributed by atoms with E-state index < -0.39 is 0 Å². The van der Waals surface area contributed by atoms with Crippen LogP contribution in [0.1, 0.15) is 11.3 Å². The molecule has 2 nitrogen and oxygen atoms in total. The summed E-state index contributed by atoms with van der Waals surface area (Å²) in [5.74, 6) is 0. The van der Waals surface area contributed by atoms with E-state index in [9.17, 15) is 0 Å². The minimum atomic E-state index is 0.495. The molecule has 0 saturated carbocycles. The first-order chi connectivity index (χ1) is 4.86. The van der Waals surface area contributed by atoms with E-state index >= 15 is 0 Å². The first-order valence-electron chi connectivity index (χ1n) is 2.78. The maximum Gasteiger partial charge on any atom is 0.140 e. The van der Waals surface area contributed by atoms with Crippen molar-refractivity contribution in [3.05, 3.63) is 29.6 Å². The van der Waals surface area contributed by atoms with Crippen LogP contribution in [0.5, 0.6) is 0 Å². The predicted octanol–water partition coefficient (Wildman–Crippen LogP) is 1.89. The quantitative estimate of drug-likeness (QED) is 0.558. The van der Waals surface area contributed by atoms with Crippen LogP contribution in [0.25, 0.3) is 0 Å². The van der Waals surface area contributed by atoms with E-state index in [2.05, 4.69) is 27.6 Å². The van der Waals surface area contributed by atoms with Crippen molar-refractivity contribution in [3.8, 4) is 6.07 Å². The first kappa shape index (κ1) is 7.48. The minimum Gasteiger partial charge on any atom is -0.246 e. The summed E-state index contributed by atoms with van der Waals surface area (Å²) in [5, 5.41) is 8.44. The lowest BCUT2D eigenvalue weighted by molar-refractivity contribution is 1.23. The van der Waals surface area contributed by atoms with Crippen molar-refractivity contribution in [2.24, 2.45) is 0 Å². The van der Waals surface area contributed by atoms with Gasteiger partial charge in [0.05, 0.1) is 0 Å². The molecule has 0 aliphatic heterocycles. The Hall–Kier alpha value is -0.630. The fourth-order valence-electron chi connectivity index (χ4n) is 0.619. The third-order valence-corrected chi connectivity index (χ3v) is 1.97. The molecule has 1 heterocycles. The molecule has 0 atom stereocenters. The summed E-state index contributed by atoms with van der Waals surface area (Å²) in [6.07, 6.45) is 1.66. The van der Waals surface area contributed by atoms with Crippen LogP contribution in [0, 0.1) is 11.3 Å². The zero-order chi connectivity index (χ0) is 7.40. The van der Waals surface area contributed by atoms with Crippen LogP contribution in [0.4, 0.5) is 0 Å². The van der Waals surface area contributed by atoms with Gasteiger partial charge in [-0.2, -0.15) is 5.26 Å². The van der Waals surface area contributed by atoms with Crippen molar-refractivity contribution in [2.45, 2.75) is 4.43 Å². The highest BCUT2D eigenvalue weighted by atomic mass is 127. The van der Waals surface area contributed by atoms with E-state index in [1.165, 1.54) is 0 Å². The molecule has 10 heavy (non-hydrogen) atoms. The summed E-state index contributed by atoms with van der Waals surface area (Å²) in [4.78, 5) is 3.84. The molecule has 1 aromatic rings. The topological polar surface area (TPSA) is 36.7 Å². The second-order valence-corrected chi connectivity index (χ2v) is 2.56. The third kappa shape index (κ3) is 1.67. The smallest absolute Gasteiger partial charge is 0.140 e. The standard InChI is InChI=1S/C7H5IN2/c8-4-6-1-2-10-7(3-6)5-9/h1-3H,4H2. The Morgan fingerprint density at radius 3 is 3.10 bits per heavy atom. The fraction of sp³-hybridized carbons (Fsp3) is 0.143. The number of pyridine rings is 1. The molecule has 0 radical (unpaired) electrons. The lowest BCUT2D eigenvalue weighted by Crippen LogP contribution is -1.83. The maximum absolute atomic E-state index is 8.44. The molecule has 0 unspecified atom stereocenters. The average Bonchev–Trinajstić information content (AvgIpc) is 2.05. The van der Waals surface area contributed by atoms with Gasteiger partial charge in [0.1, 0.15) is 11.8 Å². The Labute approximate surface area is 73.0 Å². The maximum atomic E-state index is 8.44. The zero-order valence-corrected chi connectivity index (χ0v) is 7.37. The van der Waals surface area contributed by atoms with Crippen LogP contribution < -0.4 is 0 Å². The Balaban J connectivity index is 3.01. The summed E-state index contributed by atoms with van der Waals surface area (Å²) in [5.41, 5.74) is 1.64. The van der Waals surface area contributed by atoms with Gasteiger partial charge < -0.3 is 0 Å². The molecule has 1 rings (SSSR count). The Kier molecular flexibility index (Phi) is 2.63. The summed E-state index contributed by atoms with van der Waals surface area (Å²) in [6.45, 7) is 0. The summed E-state index contributed by atoms with van der Waals surface area (Å²) in [7, 11) is 0. The highest BCUT2D eigenvalue weighted by molar-refractivity contribution is 14.1. The van der Waals surface area contributed by atoms with E-state index in [0.717, 1.165) is 9.99 Å². The van der Waals surface area contributed by atoms with Crippen LogP contribution in [-0.4, -0.2) is 4.98 Å². The van der Waals surface area contributed by atoms with Crippen molar-refractivity contribution in [2.75, 3.05) is 0 Å². The number of aromatic nitrogens is 1. The molecule has 50 valence electrons. The van der Waals surface area contributed by atoms with Crippen LogP contribution >= 0.6 is 22.6 Å². The van der Waals surface area contributed by atoms with Gasteiger partial charge in [0.25, 0.3) is 0 Å². The molecule has 0 bridgehead atoms. The van der Waals surface area contributed by atoms with Gasteiger partial charge in [0.15, 0.2) is 0 Å². The highest BCUT2D eigenvalue weighted by Crippen LogP contribution is 2.05. The van der Waals surface area contributed by atoms with Crippen LogP contribution in [0.2, 0.25) is 0 Å². The number of halogens is 1. The Morgan fingerprint density at radius 1 is 1.70 bits per heavy atom. The number of rotatable bonds is 1. The van der Waals surface area contributed by atoms with Crippen LogP contribution in [-0.2, 0) is 4.43 Å². The molecule has 0 saturated heterocycles. The van der Waals surface area contributed by atoms with E-state index in [0.29, 0.717) is 5.69 Å². The van der Waals surface area contributed by atoms with E-state index in [1.807, 2.05) is 12.1 Å². The van der Waals surface area contributed by atoms with Gasteiger partial charge in [-0.25, -0.2) is 4.98 Å². The third-order valence-electron chi connectivity index (χ3n) is 1.09. The highest BCUT2D eigenvalue weighted by Gasteiger charge is 1.92. The first-order valence-corrected chi connectivity index (χ1v) is 4.30. The van der Waals surface area contributed by atoms with Gasteiger partial charge in [-0.15, -0.1) is 0 Å². The Morgan fingerprint density at radius 2 is 2.50 bits per heavy atom. The van der Waals surface area contributed by atoms with Crippen LogP contribution in [0.3, 0.4) is 0 Å². The molecule has 1 aromatic heterocycles. The lowest BCUT2D eigenvalue weighted by atomic mass is 10.2. The largest absolute Gasteiger partial charge is 0.246 e. The monoisotopic (exact) mass is 244 g/mol. The van der Waals surface area contributed by atoms with Gasteiger partial charge in [-0.1, -0.05) is 22.6 Å². The molecule has 0 N–H and O–H groups in total. The van der Waals surface area contributed by atoms with Gasteiger partial charge in [-0.3, -0.25) is 0 Å². The molecule has 0 aliphatic rings. The molecular weight excluding hydrogens is 239 g/mol. The fourth-order valence-corrected chi connectivity index (χ4v) is 1.09. The normalized spacial score (nSPS) is 8.80. The molecule has 0 aromatic carbocycles. The molecular formula is C7H5IN2. The van der Waals surface area contributed by atoms with Crippen LogP contribution in [0.15, 0.2) is 18.3 Å². The van der Waals surface area contributed by atoms with E-state index in [1.54, 1.807) is 12.3 Å². The average molecular weight is 244 g/mol. The number of nitriles is 1. The number of nitrogens with zero attached hydrogens (tertiary/aromatic N) is 2. The number of hydrogen-bond acceptors (Lipinski definition) is 2. The van der Waals surface area contributed by atoms with Crippen molar-refractivity contribution in [3.63, 3.8) is 0 Å². The molecule has 0 aliphatic carbocycles. The van der Waals surface area contributed by atoms with Gasteiger partial charge in [0.2, 0.25) is 0 Å². The molecule has 0 amide bonds. The van der Waals surface area contributed by atoms with Crippen molar-refractivity contribution < 1.29 is 0 Å². The van der Waals surface area contributed by atoms with Crippen molar-refractivity contribution >= 4 is 22.6 Å². The zero-order valence-electron chi connectivity index (χ0n) is 5.21. The number of alkyl halides is 1.